The number of hydrogen-bond donors (Lipinski definition) is 1. The standard InChI is InChI=1S/C16H27N5O2S3/c1-4-6-17-13(22)11-24-15-18-19-16(26-15)25-12(3)14(23)21-9-7-20(5-2)8-10-21/h12H,4-11H2,1-3H3,(H,17,22)/t12-/m1/s1. The molecule has 2 rings (SSSR count). The number of carbonyl (C=O) groups excluding carboxylic acids is 2. The van der Waals surface area contributed by atoms with Crippen molar-refractivity contribution in [2.24, 2.45) is 0 Å². The van der Waals surface area contributed by atoms with Crippen molar-refractivity contribution in [1.29, 1.82) is 0 Å². The molecule has 0 bridgehead atoms. The summed E-state index contributed by atoms with van der Waals surface area (Å²) >= 11 is 4.27. The Bertz CT molecular complexity index is 590. The number of hydrogen-bond acceptors (Lipinski definition) is 8. The Hall–Kier alpha value is -0.840. The van der Waals surface area contributed by atoms with Crippen LogP contribution in [0.2, 0.25) is 0 Å². The summed E-state index contributed by atoms with van der Waals surface area (Å²) in [4.78, 5) is 28.5. The summed E-state index contributed by atoms with van der Waals surface area (Å²) in [5.74, 6) is 0.514. The van der Waals surface area contributed by atoms with Gasteiger partial charge in [-0.25, -0.2) is 0 Å². The van der Waals surface area contributed by atoms with E-state index in [0.717, 1.165) is 47.8 Å². The number of aromatic nitrogens is 2. The third-order valence-electron chi connectivity index (χ3n) is 4.04. The van der Waals surface area contributed by atoms with Crippen LogP contribution in [0, 0.1) is 0 Å². The molecule has 26 heavy (non-hydrogen) atoms. The van der Waals surface area contributed by atoms with Crippen molar-refractivity contribution in [3.63, 3.8) is 0 Å². The highest BCUT2D eigenvalue weighted by Crippen LogP contribution is 2.31. The third kappa shape index (κ3) is 6.71. The maximum absolute atomic E-state index is 12.6. The number of nitrogens with one attached hydrogen (secondary N) is 1. The third-order valence-corrected chi connectivity index (χ3v) is 7.27. The van der Waals surface area contributed by atoms with E-state index in [2.05, 4.69) is 27.3 Å². The van der Waals surface area contributed by atoms with Gasteiger partial charge in [-0.3, -0.25) is 9.59 Å². The van der Waals surface area contributed by atoms with Gasteiger partial charge >= 0.3 is 0 Å². The zero-order valence-electron chi connectivity index (χ0n) is 15.6. The summed E-state index contributed by atoms with van der Waals surface area (Å²) < 4.78 is 1.53. The maximum Gasteiger partial charge on any atom is 0.235 e. The second kappa shape index (κ2) is 11.1. The summed E-state index contributed by atoms with van der Waals surface area (Å²) in [6.45, 7) is 11.3. The molecule has 1 saturated heterocycles. The first kappa shape index (κ1) is 21.5. The predicted octanol–water partition coefficient (Wildman–Crippen LogP) is 1.80. The first-order valence-electron chi connectivity index (χ1n) is 8.94. The highest BCUT2D eigenvalue weighted by molar-refractivity contribution is 8.04. The molecule has 2 heterocycles. The van der Waals surface area contributed by atoms with Crippen LogP contribution in [0.3, 0.4) is 0 Å². The van der Waals surface area contributed by atoms with E-state index in [4.69, 9.17) is 0 Å². The minimum Gasteiger partial charge on any atom is -0.355 e. The Balaban J connectivity index is 1.77. The monoisotopic (exact) mass is 417 g/mol. The number of carbonyl (C=O) groups is 2. The summed E-state index contributed by atoms with van der Waals surface area (Å²) in [6.07, 6.45) is 0.926. The van der Waals surface area contributed by atoms with E-state index in [1.165, 1.54) is 34.9 Å². The molecule has 2 amide bonds. The van der Waals surface area contributed by atoms with Crippen LogP contribution in [0.1, 0.15) is 27.2 Å². The van der Waals surface area contributed by atoms with Gasteiger partial charge in [-0.1, -0.05) is 48.7 Å². The van der Waals surface area contributed by atoms with Crippen LogP contribution < -0.4 is 5.32 Å². The fraction of sp³-hybridized carbons (Fsp3) is 0.750. The van der Waals surface area contributed by atoms with Gasteiger partial charge in [-0.2, -0.15) is 0 Å². The second-order valence-corrected chi connectivity index (χ2v) is 9.78. The van der Waals surface area contributed by atoms with Crippen LogP contribution in [0.4, 0.5) is 0 Å². The molecule has 1 N–H and O–H groups in total. The zero-order chi connectivity index (χ0) is 18.9. The van der Waals surface area contributed by atoms with Gasteiger partial charge in [0.05, 0.1) is 11.0 Å². The van der Waals surface area contributed by atoms with Crippen LogP contribution in [0.25, 0.3) is 0 Å². The molecule has 0 unspecified atom stereocenters. The Morgan fingerprint density at radius 2 is 1.88 bits per heavy atom. The number of likely N-dealkylation sites (N-methyl/N-ethyl adjacent to an activating group) is 1. The number of amides is 2. The fourth-order valence-corrected chi connectivity index (χ4v) is 5.57. The largest absolute Gasteiger partial charge is 0.355 e. The molecule has 7 nitrogen and oxygen atoms in total. The smallest absolute Gasteiger partial charge is 0.235 e. The number of rotatable bonds is 9. The lowest BCUT2D eigenvalue weighted by atomic mass is 10.3. The molecule has 1 aliphatic rings. The predicted molar refractivity (Wildman–Crippen MR) is 108 cm³/mol. The molecule has 146 valence electrons. The molecule has 0 spiro atoms. The molecule has 1 atom stereocenters. The van der Waals surface area contributed by atoms with E-state index >= 15 is 0 Å². The summed E-state index contributed by atoms with van der Waals surface area (Å²) in [5.41, 5.74) is 0. The topological polar surface area (TPSA) is 78.4 Å². The average Bonchev–Trinajstić information content (AvgIpc) is 3.11. The van der Waals surface area contributed by atoms with Crippen molar-refractivity contribution in [1.82, 2.24) is 25.3 Å². The van der Waals surface area contributed by atoms with E-state index in [9.17, 15) is 9.59 Å². The van der Waals surface area contributed by atoms with Crippen molar-refractivity contribution < 1.29 is 9.59 Å². The van der Waals surface area contributed by atoms with Gasteiger partial charge in [0.2, 0.25) is 11.8 Å². The lowest BCUT2D eigenvalue weighted by Crippen LogP contribution is -2.50. The van der Waals surface area contributed by atoms with Crippen LogP contribution in [-0.4, -0.2) is 82.1 Å². The van der Waals surface area contributed by atoms with Crippen molar-refractivity contribution in [2.75, 3.05) is 45.0 Å². The number of thioether (sulfide) groups is 2. The van der Waals surface area contributed by atoms with Crippen LogP contribution >= 0.6 is 34.9 Å². The highest BCUT2D eigenvalue weighted by Gasteiger charge is 2.26. The Labute approximate surface area is 167 Å². The summed E-state index contributed by atoms with van der Waals surface area (Å²) in [7, 11) is 0. The Morgan fingerprint density at radius 1 is 1.19 bits per heavy atom. The van der Waals surface area contributed by atoms with E-state index in [-0.39, 0.29) is 17.1 Å². The molecule has 1 aromatic heterocycles. The van der Waals surface area contributed by atoms with Crippen molar-refractivity contribution in [3.05, 3.63) is 0 Å². The molecular formula is C16H27N5O2S3. The molecule has 1 aliphatic heterocycles. The quantitative estimate of drug-likeness (QED) is 0.614. The Morgan fingerprint density at radius 3 is 2.54 bits per heavy atom. The van der Waals surface area contributed by atoms with Gasteiger partial charge in [0.1, 0.15) is 0 Å². The van der Waals surface area contributed by atoms with Gasteiger partial charge in [0.15, 0.2) is 8.68 Å². The zero-order valence-corrected chi connectivity index (χ0v) is 18.0. The Kier molecular flexibility index (Phi) is 9.17. The van der Waals surface area contributed by atoms with Crippen LogP contribution in [0.15, 0.2) is 8.68 Å². The van der Waals surface area contributed by atoms with Gasteiger partial charge in [0.25, 0.3) is 0 Å². The molecular weight excluding hydrogens is 390 g/mol. The fourth-order valence-electron chi connectivity index (χ4n) is 2.49. The minimum atomic E-state index is -0.179. The number of nitrogens with zero attached hydrogens (tertiary/aromatic N) is 4. The molecule has 10 heteroatoms. The first-order chi connectivity index (χ1) is 12.5. The van der Waals surface area contributed by atoms with E-state index in [0.29, 0.717) is 12.3 Å². The molecule has 1 fully saturated rings. The van der Waals surface area contributed by atoms with Crippen LogP contribution in [-0.2, 0) is 9.59 Å². The van der Waals surface area contributed by atoms with Gasteiger partial charge in [-0.05, 0) is 19.9 Å². The first-order valence-corrected chi connectivity index (χ1v) is 11.6. The van der Waals surface area contributed by atoms with Gasteiger partial charge < -0.3 is 15.1 Å². The van der Waals surface area contributed by atoms with E-state index in [1.54, 1.807) is 0 Å². The number of piperazine rings is 1. The molecule has 0 aliphatic carbocycles. The summed E-state index contributed by atoms with van der Waals surface area (Å²) in [6, 6.07) is 0. The normalized spacial score (nSPS) is 16.5. The van der Waals surface area contributed by atoms with E-state index < -0.39 is 0 Å². The molecule has 0 radical (unpaired) electrons. The molecule has 0 aromatic carbocycles. The van der Waals surface area contributed by atoms with Crippen molar-refractivity contribution >= 4 is 46.7 Å². The van der Waals surface area contributed by atoms with E-state index in [1.807, 2.05) is 18.7 Å². The molecule has 1 aromatic rings. The van der Waals surface area contributed by atoms with Crippen molar-refractivity contribution in [3.8, 4) is 0 Å². The second-order valence-electron chi connectivity index (χ2n) is 5.99. The molecule has 0 saturated carbocycles. The average molecular weight is 418 g/mol. The lowest BCUT2D eigenvalue weighted by Gasteiger charge is -2.35. The minimum absolute atomic E-state index is 0.0102. The van der Waals surface area contributed by atoms with Crippen LogP contribution in [0.5, 0.6) is 0 Å². The SMILES string of the molecule is CCCNC(=O)CSc1nnc(S[C@H](C)C(=O)N2CCN(CC)CC2)s1. The van der Waals surface area contributed by atoms with Gasteiger partial charge in [-0.15, -0.1) is 10.2 Å². The maximum atomic E-state index is 12.6. The van der Waals surface area contributed by atoms with Gasteiger partial charge in [0, 0.05) is 32.7 Å². The van der Waals surface area contributed by atoms with Crippen molar-refractivity contribution in [2.45, 2.75) is 41.1 Å². The summed E-state index contributed by atoms with van der Waals surface area (Å²) in [5, 5.41) is 10.9. The highest BCUT2D eigenvalue weighted by atomic mass is 32.2. The lowest BCUT2D eigenvalue weighted by molar-refractivity contribution is -0.132.